The fraction of sp³-hybridized carbons (Fsp3) is 0.842. The molecule has 1 saturated heterocycles. The van der Waals surface area contributed by atoms with E-state index in [0.29, 0.717) is 18.4 Å². The van der Waals surface area contributed by atoms with E-state index in [2.05, 4.69) is 61.1 Å². The van der Waals surface area contributed by atoms with Crippen molar-refractivity contribution in [2.75, 3.05) is 87.5 Å². The van der Waals surface area contributed by atoms with Crippen LogP contribution in [-0.4, -0.2) is 96.7 Å². The highest BCUT2D eigenvalue weighted by atomic mass is 15.4. The molecule has 0 spiro atoms. The zero-order chi connectivity index (χ0) is 20.2. The van der Waals surface area contributed by atoms with Gasteiger partial charge in [0.05, 0.1) is 0 Å². The van der Waals surface area contributed by atoms with Crippen molar-refractivity contribution in [3.05, 3.63) is 0 Å². The summed E-state index contributed by atoms with van der Waals surface area (Å²) >= 11 is 0. The Bertz CT molecular complexity index is 542. The van der Waals surface area contributed by atoms with Gasteiger partial charge in [0.1, 0.15) is 0 Å². The molecular weight excluding hydrogens is 354 g/mol. The van der Waals surface area contributed by atoms with Gasteiger partial charge in [-0.2, -0.15) is 15.0 Å². The van der Waals surface area contributed by atoms with Crippen LogP contribution in [0.2, 0.25) is 0 Å². The maximum atomic E-state index is 5.68. The van der Waals surface area contributed by atoms with Gasteiger partial charge in [-0.05, 0) is 32.5 Å². The van der Waals surface area contributed by atoms with Crippen LogP contribution in [0.3, 0.4) is 0 Å². The van der Waals surface area contributed by atoms with Gasteiger partial charge in [0, 0.05) is 52.4 Å². The summed E-state index contributed by atoms with van der Waals surface area (Å²) in [7, 11) is 0. The maximum absolute atomic E-state index is 5.68. The van der Waals surface area contributed by atoms with Crippen LogP contribution in [0.5, 0.6) is 0 Å². The first kappa shape index (κ1) is 22.6. The topological polar surface area (TPSA) is 98.5 Å². The van der Waals surface area contributed by atoms with Crippen LogP contribution in [0.4, 0.5) is 17.8 Å². The van der Waals surface area contributed by atoms with E-state index < -0.39 is 0 Å². The number of nitrogens with two attached hydrogens (primary N) is 1. The molecule has 9 heteroatoms. The third-order valence-corrected chi connectivity index (χ3v) is 5.09. The largest absolute Gasteiger partial charge is 0.354 e. The number of anilines is 3. The van der Waals surface area contributed by atoms with E-state index >= 15 is 0 Å². The SMILES string of the molecule is CCCNc1nc(NCCCN(CC)CC)nc(N2CCN(CCN)CC2)n1. The van der Waals surface area contributed by atoms with Crippen LogP contribution < -0.4 is 21.3 Å². The van der Waals surface area contributed by atoms with Crippen LogP contribution in [0.25, 0.3) is 0 Å². The van der Waals surface area contributed by atoms with E-state index in [1.807, 2.05) is 0 Å². The maximum Gasteiger partial charge on any atom is 0.232 e. The lowest BCUT2D eigenvalue weighted by atomic mass is 10.3. The van der Waals surface area contributed by atoms with E-state index in [-0.39, 0.29) is 0 Å². The van der Waals surface area contributed by atoms with Crippen molar-refractivity contribution in [3.8, 4) is 0 Å². The fourth-order valence-corrected chi connectivity index (χ4v) is 3.30. The Hall–Kier alpha value is -1.71. The number of hydrogen-bond donors (Lipinski definition) is 3. The molecule has 0 saturated carbocycles. The second-order valence-corrected chi connectivity index (χ2v) is 7.13. The lowest BCUT2D eigenvalue weighted by molar-refractivity contribution is 0.263. The monoisotopic (exact) mass is 393 g/mol. The van der Waals surface area contributed by atoms with Crippen molar-refractivity contribution in [2.24, 2.45) is 5.73 Å². The second kappa shape index (κ2) is 12.7. The van der Waals surface area contributed by atoms with E-state index in [9.17, 15) is 0 Å². The van der Waals surface area contributed by atoms with Gasteiger partial charge in [0.15, 0.2) is 0 Å². The Morgan fingerprint density at radius 3 is 2.14 bits per heavy atom. The summed E-state index contributed by atoms with van der Waals surface area (Å²) in [6, 6.07) is 0. The Kier molecular flexibility index (Phi) is 10.2. The Balaban J connectivity index is 1.97. The minimum atomic E-state index is 0.655. The molecule has 2 rings (SSSR count). The second-order valence-electron chi connectivity index (χ2n) is 7.13. The normalized spacial score (nSPS) is 15.2. The molecule has 28 heavy (non-hydrogen) atoms. The standard InChI is InChI=1S/C19H39N9/c1-4-9-21-17-23-18(22-10-7-11-26(5-2)6-3)25-19(24-17)28-15-13-27(12-8-20)14-16-28/h4-16,20H2,1-3H3,(H2,21,22,23,24,25). The first-order valence-electron chi connectivity index (χ1n) is 10.8. The molecule has 0 atom stereocenters. The highest BCUT2D eigenvalue weighted by Gasteiger charge is 2.20. The molecule has 1 aromatic rings. The van der Waals surface area contributed by atoms with Crippen LogP contribution in [0, 0.1) is 0 Å². The van der Waals surface area contributed by atoms with E-state index in [1.165, 1.54) is 0 Å². The van der Waals surface area contributed by atoms with Crippen molar-refractivity contribution in [1.82, 2.24) is 24.8 Å². The Morgan fingerprint density at radius 1 is 0.929 bits per heavy atom. The van der Waals surface area contributed by atoms with Crippen LogP contribution in [-0.2, 0) is 0 Å². The van der Waals surface area contributed by atoms with Crippen molar-refractivity contribution < 1.29 is 0 Å². The van der Waals surface area contributed by atoms with Gasteiger partial charge < -0.3 is 26.2 Å². The molecule has 4 N–H and O–H groups in total. The van der Waals surface area contributed by atoms with Crippen LogP contribution >= 0.6 is 0 Å². The van der Waals surface area contributed by atoms with E-state index in [1.54, 1.807) is 0 Å². The highest BCUT2D eigenvalue weighted by molar-refractivity contribution is 5.44. The van der Waals surface area contributed by atoms with Crippen LogP contribution in [0.1, 0.15) is 33.6 Å². The fourth-order valence-electron chi connectivity index (χ4n) is 3.30. The quantitative estimate of drug-likeness (QED) is 0.422. The van der Waals surface area contributed by atoms with Gasteiger partial charge in [-0.25, -0.2) is 0 Å². The number of piperazine rings is 1. The van der Waals surface area contributed by atoms with Crippen molar-refractivity contribution in [1.29, 1.82) is 0 Å². The summed E-state index contributed by atoms with van der Waals surface area (Å²) in [4.78, 5) is 21.0. The molecule has 9 nitrogen and oxygen atoms in total. The van der Waals surface area contributed by atoms with Crippen molar-refractivity contribution >= 4 is 17.8 Å². The molecular formula is C19H39N9. The van der Waals surface area contributed by atoms with Gasteiger partial charge in [-0.15, -0.1) is 0 Å². The molecule has 1 aliphatic rings. The summed E-state index contributed by atoms with van der Waals surface area (Å²) in [6.45, 7) is 17.0. The Labute approximate surface area is 170 Å². The molecule has 0 bridgehead atoms. The molecule has 0 aromatic carbocycles. The predicted molar refractivity (Wildman–Crippen MR) is 117 cm³/mol. The van der Waals surface area contributed by atoms with Gasteiger partial charge in [0.25, 0.3) is 0 Å². The predicted octanol–water partition coefficient (Wildman–Crippen LogP) is 0.918. The minimum Gasteiger partial charge on any atom is -0.354 e. The molecule has 160 valence electrons. The van der Waals surface area contributed by atoms with Gasteiger partial charge in [0.2, 0.25) is 17.8 Å². The average molecular weight is 394 g/mol. The molecule has 0 unspecified atom stereocenters. The first-order chi connectivity index (χ1) is 13.7. The van der Waals surface area contributed by atoms with Gasteiger partial charge in [-0.3, -0.25) is 4.90 Å². The molecule has 1 fully saturated rings. The number of hydrogen-bond acceptors (Lipinski definition) is 9. The zero-order valence-corrected chi connectivity index (χ0v) is 18.0. The summed E-state index contributed by atoms with van der Waals surface area (Å²) in [5.74, 6) is 2.07. The number of aromatic nitrogens is 3. The molecule has 0 radical (unpaired) electrons. The molecule has 2 heterocycles. The molecule has 0 aliphatic carbocycles. The van der Waals surface area contributed by atoms with E-state index in [0.717, 1.165) is 84.2 Å². The lowest BCUT2D eigenvalue weighted by Crippen LogP contribution is -2.48. The number of nitrogens with one attached hydrogen (secondary N) is 2. The minimum absolute atomic E-state index is 0.655. The molecule has 1 aromatic heterocycles. The third-order valence-electron chi connectivity index (χ3n) is 5.09. The third kappa shape index (κ3) is 7.37. The summed E-state index contributed by atoms with van der Waals surface area (Å²) < 4.78 is 0. The van der Waals surface area contributed by atoms with E-state index in [4.69, 9.17) is 5.73 Å². The Morgan fingerprint density at radius 2 is 1.57 bits per heavy atom. The smallest absolute Gasteiger partial charge is 0.232 e. The number of rotatable bonds is 13. The number of nitrogens with zero attached hydrogens (tertiary/aromatic N) is 6. The highest BCUT2D eigenvalue weighted by Crippen LogP contribution is 2.16. The molecule has 0 amide bonds. The average Bonchev–Trinajstić information content (AvgIpc) is 2.73. The molecule has 1 aliphatic heterocycles. The zero-order valence-electron chi connectivity index (χ0n) is 18.0. The summed E-state index contributed by atoms with van der Waals surface area (Å²) in [6.07, 6.45) is 2.10. The summed E-state index contributed by atoms with van der Waals surface area (Å²) in [5, 5.41) is 6.70. The van der Waals surface area contributed by atoms with Crippen LogP contribution in [0.15, 0.2) is 0 Å². The van der Waals surface area contributed by atoms with Gasteiger partial charge in [-0.1, -0.05) is 20.8 Å². The van der Waals surface area contributed by atoms with Gasteiger partial charge >= 0.3 is 0 Å². The van der Waals surface area contributed by atoms with Crippen molar-refractivity contribution in [3.63, 3.8) is 0 Å². The first-order valence-corrected chi connectivity index (χ1v) is 10.8. The summed E-state index contributed by atoms with van der Waals surface area (Å²) in [5.41, 5.74) is 5.68. The lowest BCUT2D eigenvalue weighted by Gasteiger charge is -2.34. The van der Waals surface area contributed by atoms with Crippen molar-refractivity contribution in [2.45, 2.75) is 33.6 Å².